The lowest BCUT2D eigenvalue weighted by Crippen LogP contribution is -2.31. The molecular weight excluding hydrogens is 198 g/mol. The third kappa shape index (κ3) is 2.56. The van der Waals surface area contributed by atoms with Crippen LogP contribution in [0.2, 0.25) is 0 Å². The molecule has 2 N–H and O–H groups in total. The molecular formula is C14H21NO. The van der Waals surface area contributed by atoms with Gasteiger partial charge in [0.05, 0.1) is 6.61 Å². The summed E-state index contributed by atoms with van der Waals surface area (Å²) in [5.41, 5.74) is 7.34. The average molecular weight is 219 g/mol. The Balaban J connectivity index is 2.03. The van der Waals surface area contributed by atoms with Gasteiger partial charge in [0, 0.05) is 0 Å². The van der Waals surface area contributed by atoms with Crippen molar-refractivity contribution in [3.8, 4) is 5.75 Å². The molecule has 16 heavy (non-hydrogen) atoms. The zero-order valence-electron chi connectivity index (χ0n) is 10.2. The van der Waals surface area contributed by atoms with E-state index in [0.29, 0.717) is 5.92 Å². The highest BCUT2D eigenvalue weighted by Crippen LogP contribution is 2.33. The van der Waals surface area contributed by atoms with Crippen molar-refractivity contribution < 1.29 is 4.74 Å². The summed E-state index contributed by atoms with van der Waals surface area (Å²) < 4.78 is 5.79. The lowest BCUT2D eigenvalue weighted by Gasteiger charge is -2.31. The third-order valence-corrected chi connectivity index (χ3v) is 3.35. The molecule has 1 aromatic carbocycles. The maximum atomic E-state index is 5.79. The van der Waals surface area contributed by atoms with E-state index in [2.05, 4.69) is 32.0 Å². The fourth-order valence-corrected chi connectivity index (χ4v) is 2.39. The highest BCUT2D eigenvalue weighted by atomic mass is 16.5. The van der Waals surface area contributed by atoms with Crippen molar-refractivity contribution in [1.29, 1.82) is 0 Å². The average Bonchev–Trinajstić information content (AvgIpc) is 2.28. The lowest BCUT2D eigenvalue weighted by atomic mass is 9.80. The van der Waals surface area contributed by atoms with Crippen molar-refractivity contribution in [3.63, 3.8) is 0 Å². The minimum atomic E-state index is 0.223. The van der Waals surface area contributed by atoms with Crippen molar-refractivity contribution in [1.82, 2.24) is 0 Å². The molecule has 1 aliphatic rings. The minimum absolute atomic E-state index is 0.223. The Labute approximate surface area is 97.8 Å². The molecule has 2 nitrogen and oxygen atoms in total. The van der Waals surface area contributed by atoms with Crippen LogP contribution in [0.1, 0.15) is 25.8 Å². The van der Waals surface area contributed by atoms with E-state index in [1.165, 1.54) is 5.56 Å². The number of fused-ring (bicyclic) bond motifs is 1. The van der Waals surface area contributed by atoms with E-state index in [0.717, 1.165) is 31.7 Å². The van der Waals surface area contributed by atoms with Gasteiger partial charge >= 0.3 is 0 Å². The Hall–Kier alpha value is -1.02. The Morgan fingerprint density at radius 3 is 2.88 bits per heavy atom. The molecule has 1 aliphatic heterocycles. The largest absolute Gasteiger partial charge is 0.493 e. The fourth-order valence-electron chi connectivity index (χ4n) is 2.39. The van der Waals surface area contributed by atoms with Crippen LogP contribution in [0.15, 0.2) is 24.3 Å². The Morgan fingerprint density at radius 2 is 2.12 bits per heavy atom. The monoisotopic (exact) mass is 219 g/mol. The molecule has 0 saturated heterocycles. The van der Waals surface area contributed by atoms with Crippen LogP contribution < -0.4 is 10.5 Å². The van der Waals surface area contributed by atoms with Crippen molar-refractivity contribution in [2.45, 2.75) is 26.7 Å². The van der Waals surface area contributed by atoms with Crippen molar-refractivity contribution in [2.24, 2.45) is 17.1 Å². The molecule has 0 amide bonds. The summed E-state index contributed by atoms with van der Waals surface area (Å²) in [6.07, 6.45) is 2.26. The van der Waals surface area contributed by atoms with Crippen LogP contribution in [0.4, 0.5) is 0 Å². The van der Waals surface area contributed by atoms with Crippen molar-refractivity contribution in [2.75, 3.05) is 13.2 Å². The van der Waals surface area contributed by atoms with Gasteiger partial charge in [0.15, 0.2) is 0 Å². The summed E-state index contributed by atoms with van der Waals surface area (Å²) in [7, 11) is 0. The summed E-state index contributed by atoms with van der Waals surface area (Å²) >= 11 is 0. The van der Waals surface area contributed by atoms with Crippen LogP contribution >= 0.6 is 0 Å². The van der Waals surface area contributed by atoms with Gasteiger partial charge in [0.25, 0.3) is 0 Å². The molecule has 0 bridgehead atoms. The van der Waals surface area contributed by atoms with Crippen LogP contribution in [0.25, 0.3) is 0 Å². The van der Waals surface area contributed by atoms with Crippen molar-refractivity contribution >= 4 is 0 Å². The van der Waals surface area contributed by atoms with E-state index in [4.69, 9.17) is 10.5 Å². The van der Waals surface area contributed by atoms with Gasteiger partial charge in [-0.05, 0) is 42.3 Å². The molecule has 0 aliphatic carbocycles. The fraction of sp³-hybridized carbons (Fsp3) is 0.571. The van der Waals surface area contributed by atoms with Gasteiger partial charge in [0.2, 0.25) is 0 Å². The molecule has 1 heterocycles. The Kier molecular flexibility index (Phi) is 3.20. The molecule has 1 unspecified atom stereocenters. The molecule has 1 aromatic rings. The summed E-state index contributed by atoms with van der Waals surface area (Å²) in [5.74, 6) is 1.66. The van der Waals surface area contributed by atoms with Gasteiger partial charge in [-0.2, -0.15) is 0 Å². The number of hydrogen-bond donors (Lipinski definition) is 1. The molecule has 0 radical (unpaired) electrons. The van der Waals surface area contributed by atoms with Crippen molar-refractivity contribution in [3.05, 3.63) is 29.8 Å². The van der Waals surface area contributed by atoms with E-state index >= 15 is 0 Å². The van der Waals surface area contributed by atoms with Gasteiger partial charge in [-0.3, -0.25) is 0 Å². The van der Waals surface area contributed by atoms with Crippen LogP contribution in [-0.2, 0) is 6.42 Å². The second-order valence-electron chi connectivity index (χ2n) is 5.56. The number of nitrogens with two attached hydrogens (primary N) is 1. The molecule has 0 aromatic heterocycles. The predicted molar refractivity (Wildman–Crippen MR) is 66.6 cm³/mol. The summed E-state index contributed by atoms with van der Waals surface area (Å²) in [6.45, 7) is 6.03. The van der Waals surface area contributed by atoms with Crippen LogP contribution in [0.3, 0.4) is 0 Å². The van der Waals surface area contributed by atoms with Gasteiger partial charge < -0.3 is 10.5 Å². The molecule has 0 saturated carbocycles. The normalized spacial score (nSPS) is 20.1. The van der Waals surface area contributed by atoms with E-state index < -0.39 is 0 Å². The predicted octanol–water partition coefficient (Wildman–Crippen LogP) is 2.61. The first kappa shape index (κ1) is 11.5. The number of rotatable bonds is 3. The lowest BCUT2D eigenvalue weighted by molar-refractivity contribution is 0.169. The Morgan fingerprint density at radius 1 is 1.38 bits per heavy atom. The second kappa shape index (κ2) is 4.46. The quantitative estimate of drug-likeness (QED) is 0.848. The molecule has 88 valence electrons. The third-order valence-electron chi connectivity index (χ3n) is 3.35. The van der Waals surface area contributed by atoms with Gasteiger partial charge in [-0.25, -0.2) is 0 Å². The molecule has 2 rings (SSSR count). The smallest absolute Gasteiger partial charge is 0.122 e. The summed E-state index contributed by atoms with van der Waals surface area (Å²) in [6, 6.07) is 8.33. The Bertz CT molecular complexity index is 360. The van der Waals surface area contributed by atoms with E-state index in [9.17, 15) is 0 Å². The van der Waals surface area contributed by atoms with E-state index in [-0.39, 0.29) is 5.41 Å². The topological polar surface area (TPSA) is 35.2 Å². The number of hydrogen-bond acceptors (Lipinski definition) is 2. The summed E-state index contributed by atoms with van der Waals surface area (Å²) in [5, 5.41) is 0. The number of benzene rings is 1. The maximum Gasteiger partial charge on any atom is 0.122 e. The van der Waals surface area contributed by atoms with E-state index in [1.807, 2.05) is 6.07 Å². The highest BCUT2D eigenvalue weighted by Gasteiger charge is 2.26. The number of ether oxygens (including phenoxy) is 1. The van der Waals surface area contributed by atoms with Gasteiger partial charge in [0.1, 0.15) is 5.75 Å². The van der Waals surface area contributed by atoms with Crippen LogP contribution in [0, 0.1) is 11.3 Å². The number of para-hydroxylation sites is 1. The first-order valence-electron chi connectivity index (χ1n) is 6.01. The van der Waals surface area contributed by atoms with Crippen LogP contribution in [0.5, 0.6) is 5.75 Å². The first-order chi connectivity index (χ1) is 7.61. The zero-order chi connectivity index (χ0) is 11.6. The van der Waals surface area contributed by atoms with Crippen LogP contribution in [-0.4, -0.2) is 13.2 Å². The highest BCUT2D eigenvalue weighted by molar-refractivity contribution is 5.35. The minimum Gasteiger partial charge on any atom is -0.493 e. The zero-order valence-corrected chi connectivity index (χ0v) is 10.2. The molecule has 0 spiro atoms. The molecule has 1 atom stereocenters. The van der Waals surface area contributed by atoms with E-state index in [1.54, 1.807) is 0 Å². The standard InChI is InChI=1S/C14H21NO/c1-14(2,10-15)8-11-7-12-5-3-4-6-13(12)16-9-11/h3-6,11H,7-10,15H2,1-2H3. The molecule has 2 heteroatoms. The van der Waals surface area contributed by atoms with Gasteiger partial charge in [-0.1, -0.05) is 32.0 Å². The SMILES string of the molecule is CC(C)(CN)CC1COc2ccccc2C1. The first-order valence-corrected chi connectivity index (χ1v) is 6.01. The van der Waals surface area contributed by atoms with Gasteiger partial charge in [-0.15, -0.1) is 0 Å². The second-order valence-corrected chi connectivity index (χ2v) is 5.56. The summed E-state index contributed by atoms with van der Waals surface area (Å²) in [4.78, 5) is 0. The maximum absolute atomic E-state index is 5.79. The molecule has 0 fully saturated rings.